The number of aryl methyl sites for hydroxylation is 1. The predicted octanol–water partition coefficient (Wildman–Crippen LogP) is 2.98. The number of nitrogens with one attached hydrogen (secondary N) is 1. The Kier molecular flexibility index (Phi) is 7.08. The van der Waals surface area contributed by atoms with Gasteiger partial charge in [-0.1, -0.05) is 47.7 Å². The number of nitrogens with zero attached hydrogens (tertiary/aromatic N) is 2. The van der Waals surface area contributed by atoms with Crippen molar-refractivity contribution < 1.29 is 24.2 Å². The fourth-order valence-corrected chi connectivity index (χ4v) is 3.59. The first-order valence-corrected chi connectivity index (χ1v) is 10.00. The minimum Gasteiger partial charge on any atom is -0.493 e. The van der Waals surface area contributed by atoms with E-state index in [1.165, 1.54) is 11.8 Å². The Labute approximate surface area is 178 Å². The van der Waals surface area contributed by atoms with Crippen molar-refractivity contribution in [3.05, 3.63) is 59.2 Å². The van der Waals surface area contributed by atoms with Gasteiger partial charge in [-0.15, -0.1) is 5.10 Å². The summed E-state index contributed by atoms with van der Waals surface area (Å²) in [5.41, 5.74) is 2.84. The smallest absolute Gasteiger partial charge is 0.305 e. The lowest BCUT2D eigenvalue weighted by Gasteiger charge is -2.13. The largest absolute Gasteiger partial charge is 0.493 e. The van der Waals surface area contributed by atoms with Crippen LogP contribution in [0.4, 0.5) is 0 Å². The van der Waals surface area contributed by atoms with E-state index in [1.807, 2.05) is 37.3 Å². The fraction of sp³-hybridized carbons (Fsp3) is 0.238. The van der Waals surface area contributed by atoms with Crippen molar-refractivity contribution >= 4 is 35.0 Å². The third-order valence-electron chi connectivity index (χ3n) is 4.21. The van der Waals surface area contributed by atoms with E-state index in [2.05, 4.69) is 15.5 Å². The fourth-order valence-electron chi connectivity index (χ4n) is 2.68. The van der Waals surface area contributed by atoms with Crippen LogP contribution in [0.2, 0.25) is 0 Å². The molecule has 8 nitrogen and oxygen atoms in total. The molecular formula is C21H21N3O5S. The highest BCUT2D eigenvalue weighted by Crippen LogP contribution is 2.31. The maximum absolute atomic E-state index is 11.8. The highest BCUT2D eigenvalue weighted by molar-refractivity contribution is 8.15. The second kappa shape index (κ2) is 9.93. The van der Waals surface area contributed by atoms with E-state index in [4.69, 9.17) is 14.6 Å². The summed E-state index contributed by atoms with van der Waals surface area (Å²) in [5.74, 6) is -0.348. The van der Waals surface area contributed by atoms with Gasteiger partial charge in [-0.25, -0.2) is 0 Å². The summed E-state index contributed by atoms with van der Waals surface area (Å²) in [4.78, 5) is 22.6. The number of para-hydroxylation sites is 1. The van der Waals surface area contributed by atoms with Crippen molar-refractivity contribution in [3.8, 4) is 11.5 Å². The van der Waals surface area contributed by atoms with Crippen molar-refractivity contribution in [2.45, 2.75) is 25.2 Å². The van der Waals surface area contributed by atoms with Crippen molar-refractivity contribution in [2.75, 3.05) is 7.11 Å². The number of methoxy groups -OCH3 is 1. The summed E-state index contributed by atoms with van der Waals surface area (Å²) in [6.07, 6.45) is 1.23. The Bertz CT molecular complexity index is 989. The minimum atomic E-state index is -1.04. The summed E-state index contributed by atoms with van der Waals surface area (Å²) >= 11 is 1.04. The SMILES string of the molecule is COc1cccc(C=NN=C2NC(=O)C(CC(=O)O)S2)c1OCc1ccc(C)cc1. The molecule has 0 radical (unpaired) electrons. The number of ether oxygens (including phenoxy) is 2. The monoisotopic (exact) mass is 427 g/mol. The molecule has 1 fully saturated rings. The molecule has 0 aromatic heterocycles. The van der Waals surface area contributed by atoms with Crippen molar-refractivity contribution in [1.82, 2.24) is 5.32 Å². The summed E-state index contributed by atoms with van der Waals surface area (Å²) in [5, 5.41) is 18.9. The summed E-state index contributed by atoms with van der Waals surface area (Å²) in [6, 6.07) is 13.4. The second-order valence-electron chi connectivity index (χ2n) is 6.50. The number of hydrogen-bond acceptors (Lipinski definition) is 7. The van der Waals surface area contributed by atoms with Gasteiger partial charge in [0.1, 0.15) is 11.9 Å². The molecule has 3 rings (SSSR count). The van der Waals surface area contributed by atoms with Crippen LogP contribution in [0.3, 0.4) is 0 Å². The number of carbonyl (C=O) groups is 2. The molecule has 30 heavy (non-hydrogen) atoms. The van der Waals surface area contributed by atoms with Gasteiger partial charge in [0.15, 0.2) is 16.7 Å². The lowest BCUT2D eigenvalue weighted by Crippen LogP contribution is -2.26. The van der Waals surface area contributed by atoms with E-state index in [-0.39, 0.29) is 17.5 Å². The molecule has 1 aliphatic rings. The van der Waals surface area contributed by atoms with Crippen molar-refractivity contribution in [1.29, 1.82) is 0 Å². The number of carboxylic acids is 1. The molecule has 1 unspecified atom stereocenters. The van der Waals surface area contributed by atoms with Crippen LogP contribution in [-0.2, 0) is 16.2 Å². The van der Waals surface area contributed by atoms with Crippen molar-refractivity contribution in [2.24, 2.45) is 10.2 Å². The first-order valence-electron chi connectivity index (χ1n) is 9.12. The Hall–Kier alpha value is -3.33. The molecule has 0 saturated carbocycles. The first-order chi connectivity index (χ1) is 14.5. The third-order valence-corrected chi connectivity index (χ3v) is 5.29. The molecule has 0 bridgehead atoms. The molecule has 1 atom stereocenters. The highest BCUT2D eigenvalue weighted by Gasteiger charge is 2.32. The van der Waals surface area contributed by atoms with Crippen LogP contribution >= 0.6 is 11.8 Å². The van der Waals surface area contributed by atoms with Crippen LogP contribution in [0, 0.1) is 6.92 Å². The quantitative estimate of drug-likeness (QED) is 0.495. The van der Waals surface area contributed by atoms with E-state index in [9.17, 15) is 9.59 Å². The number of hydrogen-bond donors (Lipinski definition) is 2. The number of benzene rings is 2. The molecule has 2 aromatic carbocycles. The molecular weight excluding hydrogens is 406 g/mol. The average Bonchev–Trinajstić information content (AvgIpc) is 3.06. The second-order valence-corrected chi connectivity index (χ2v) is 7.69. The summed E-state index contributed by atoms with van der Waals surface area (Å²) < 4.78 is 11.4. The minimum absolute atomic E-state index is 0.257. The third kappa shape index (κ3) is 5.60. The van der Waals surface area contributed by atoms with Gasteiger partial charge in [-0.05, 0) is 24.6 Å². The topological polar surface area (TPSA) is 110 Å². The molecule has 1 saturated heterocycles. The maximum atomic E-state index is 11.8. The van der Waals surface area contributed by atoms with Crippen LogP contribution in [0.25, 0.3) is 0 Å². The summed E-state index contributed by atoms with van der Waals surface area (Å²) in [6.45, 7) is 2.38. The number of carboxylic acid groups (broad SMARTS) is 1. The molecule has 2 aromatic rings. The van der Waals surface area contributed by atoms with Crippen LogP contribution in [0.15, 0.2) is 52.7 Å². The zero-order valence-corrected chi connectivity index (χ0v) is 17.3. The van der Waals surface area contributed by atoms with Crippen LogP contribution in [-0.4, -0.2) is 40.7 Å². The van der Waals surface area contributed by atoms with Crippen LogP contribution in [0.1, 0.15) is 23.1 Å². The molecule has 156 valence electrons. The Balaban J connectivity index is 1.73. The Morgan fingerprint density at radius 1 is 1.27 bits per heavy atom. The van der Waals surface area contributed by atoms with Gasteiger partial charge < -0.3 is 19.9 Å². The van der Waals surface area contributed by atoms with E-state index in [0.717, 1.165) is 17.3 Å². The Morgan fingerprint density at radius 3 is 2.73 bits per heavy atom. The number of amides is 1. The lowest BCUT2D eigenvalue weighted by atomic mass is 10.1. The van der Waals surface area contributed by atoms with E-state index < -0.39 is 11.2 Å². The number of rotatable bonds is 8. The van der Waals surface area contributed by atoms with Gasteiger partial charge in [0.2, 0.25) is 5.91 Å². The van der Waals surface area contributed by atoms with Crippen LogP contribution in [0.5, 0.6) is 11.5 Å². The average molecular weight is 427 g/mol. The van der Waals surface area contributed by atoms with E-state index >= 15 is 0 Å². The van der Waals surface area contributed by atoms with Gasteiger partial charge >= 0.3 is 5.97 Å². The molecule has 1 amide bonds. The zero-order valence-electron chi connectivity index (χ0n) is 16.5. The predicted molar refractivity (Wildman–Crippen MR) is 115 cm³/mol. The zero-order chi connectivity index (χ0) is 21.5. The summed E-state index contributed by atoms with van der Waals surface area (Å²) in [7, 11) is 1.56. The lowest BCUT2D eigenvalue weighted by molar-refractivity contribution is -0.138. The van der Waals surface area contributed by atoms with Crippen LogP contribution < -0.4 is 14.8 Å². The molecule has 1 aliphatic heterocycles. The molecule has 2 N–H and O–H groups in total. The highest BCUT2D eigenvalue weighted by atomic mass is 32.2. The number of carbonyl (C=O) groups excluding carboxylic acids is 1. The maximum Gasteiger partial charge on any atom is 0.305 e. The van der Waals surface area contributed by atoms with Gasteiger partial charge in [-0.3, -0.25) is 9.59 Å². The van der Waals surface area contributed by atoms with E-state index in [0.29, 0.717) is 23.7 Å². The molecule has 0 aliphatic carbocycles. The standard InChI is InChI=1S/C21H21N3O5S/c1-13-6-8-14(9-7-13)12-29-19-15(4-3-5-16(19)28-2)11-22-24-21-23-20(27)17(30-21)10-18(25)26/h3-9,11,17H,10,12H2,1-2H3,(H,25,26)(H,23,24,27). The normalized spacial score (nSPS) is 17.3. The van der Waals surface area contributed by atoms with Gasteiger partial charge in [0, 0.05) is 5.56 Å². The molecule has 9 heteroatoms. The molecule has 0 spiro atoms. The number of amidine groups is 1. The van der Waals surface area contributed by atoms with E-state index in [1.54, 1.807) is 19.2 Å². The number of thioether (sulfide) groups is 1. The van der Waals surface area contributed by atoms with Gasteiger partial charge in [0.05, 0.1) is 19.7 Å². The van der Waals surface area contributed by atoms with Gasteiger partial charge in [-0.2, -0.15) is 5.10 Å². The number of aliphatic carboxylic acids is 1. The first kappa shape index (κ1) is 21.4. The van der Waals surface area contributed by atoms with Gasteiger partial charge in [0.25, 0.3) is 0 Å². The van der Waals surface area contributed by atoms with Crippen molar-refractivity contribution in [3.63, 3.8) is 0 Å². The Morgan fingerprint density at radius 2 is 2.03 bits per heavy atom. The molecule has 1 heterocycles.